The summed E-state index contributed by atoms with van der Waals surface area (Å²) < 4.78 is 35.0. The Morgan fingerprint density at radius 3 is 2.08 bits per heavy atom. The molecule has 0 aliphatic carbocycles. The largest absolute Gasteiger partial charge is 0.449 e. The Morgan fingerprint density at radius 1 is 1.08 bits per heavy atom. The van der Waals surface area contributed by atoms with Crippen LogP contribution in [-0.4, -0.2) is 17.8 Å². The number of carbonyl (C=O) groups excluding carboxylic acids is 1. The maximum Gasteiger partial charge on any atom is 0.449 e. The van der Waals surface area contributed by atoms with Gasteiger partial charge >= 0.3 is 6.18 Å². The lowest BCUT2D eigenvalue weighted by Gasteiger charge is -2.03. The van der Waals surface area contributed by atoms with E-state index in [-0.39, 0.29) is 0 Å². The molecule has 0 amide bonds. The monoisotopic (exact) mass is 216 g/mol. The van der Waals surface area contributed by atoms with Crippen LogP contribution in [0.3, 0.4) is 0 Å². The molecule has 0 radical (unpaired) electrons. The zero-order chi connectivity index (χ0) is 10.3. The average molecular weight is 217 g/mol. The molecule has 0 rings (SSSR count). The van der Waals surface area contributed by atoms with Gasteiger partial charge in [-0.2, -0.15) is 13.2 Å². The number of alkyl halides is 4. The standard InChI is InChI=1S/C8H12ClF3O/c9-6-4-2-1-3-5-7(13)8(10,11)12/h1-6H2. The van der Waals surface area contributed by atoms with Crippen molar-refractivity contribution < 1.29 is 18.0 Å². The Balaban J connectivity index is 3.38. The van der Waals surface area contributed by atoms with E-state index in [9.17, 15) is 18.0 Å². The first-order valence-corrected chi connectivity index (χ1v) is 4.68. The Morgan fingerprint density at radius 2 is 1.62 bits per heavy atom. The molecule has 0 aliphatic heterocycles. The summed E-state index contributed by atoms with van der Waals surface area (Å²) in [5.74, 6) is -1.11. The summed E-state index contributed by atoms with van der Waals surface area (Å²) in [7, 11) is 0. The van der Waals surface area contributed by atoms with Gasteiger partial charge in [-0.05, 0) is 12.8 Å². The summed E-state index contributed by atoms with van der Waals surface area (Å²) in [6, 6.07) is 0. The minimum Gasteiger partial charge on any atom is -0.290 e. The van der Waals surface area contributed by atoms with Crippen LogP contribution in [0.2, 0.25) is 0 Å². The van der Waals surface area contributed by atoms with Crippen molar-refractivity contribution in [1.29, 1.82) is 0 Å². The lowest BCUT2D eigenvalue weighted by molar-refractivity contribution is -0.171. The summed E-state index contributed by atoms with van der Waals surface area (Å²) in [6.45, 7) is 0. The zero-order valence-corrected chi connectivity index (χ0v) is 7.92. The number of Topliss-reactive ketones (excluding diaryl/α,β-unsaturated/α-hetero) is 1. The summed E-state index contributed by atoms with van der Waals surface area (Å²) in [5.41, 5.74) is 0. The van der Waals surface area contributed by atoms with Gasteiger partial charge in [-0.1, -0.05) is 12.8 Å². The lowest BCUT2D eigenvalue weighted by Crippen LogP contribution is -2.22. The predicted octanol–water partition coefficient (Wildman–Crippen LogP) is 3.31. The van der Waals surface area contributed by atoms with Gasteiger partial charge in [-0.3, -0.25) is 4.79 Å². The Hall–Kier alpha value is -0.250. The third kappa shape index (κ3) is 6.87. The second-order valence-corrected chi connectivity index (χ2v) is 3.15. The highest BCUT2D eigenvalue weighted by Crippen LogP contribution is 2.19. The molecule has 0 saturated heterocycles. The highest BCUT2D eigenvalue weighted by molar-refractivity contribution is 6.17. The molecule has 0 N–H and O–H groups in total. The Kier molecular flexibility index (Phi) is 6.12. The van der Waals surface area contributed by atoms with E-state index in [0.717, 1.165) is 12.8 Å². The van der Waals surface area contributed by atoms with Gasteiger partial charge < -0.3 is 0 Å². The first-order valence-electron chi connectivity index (χ1n) is 4.14. The molecule has 0 bridgehead atoms. The summed E-state index contributed by atoms with van der Waals surface area (Å²) in [6.07, 6.45) is -2.54. The Labute approximate surface area is 80.3 Å². The van der Waals surface area contributed by atoms with Crippen LogP contribution in [0.25, 0.3) is 0 Å². The molecule has 0 saturated carbocycles. The van der Waals surface area contributed by atoms with Crippen LogP contribution < -0.4 is 0 Å². The van der Waals surface area contributed by atoms with Gasteiger partial charge in [-0.15, -0.1) is 11.6 Å². The lowest BCUT2D eigenvalue weighted by atomic mass is 10.1. The quantitative estimate of drug-likeness (QED) is 0.492. The SMILES string of the molecule is O=C(CCCCCCCl)C(F)(F)F. The van der Waals surface area contributed by atoms with Gasteiger partial charge in [0, 0.05) is 12.3 Å². The van der Waals surface area contributed by atoms with Crippen molar-refractivity contribution in [3.63, 3.8) is 0 Å². The van der Waals surface area contributed by atoms with Crippen LogP contribution >= 0.6 is 11.6 Å². The van der Waals surface area contributed by atoms with Crippen molar-refractivity contribution in [2.75, 3.05) is 5.88 Å². The molecule has 1 nitrogen and oxygen atoms in total. The zero-order valence-electron chi connectivity index (χ0n) is 7.16. The fraction of sp³-hybridized carbons (Fsp3) is 0.875. The number of hydrogen-bond acceptors (Lipinski definition) is 1. The molecule has 13 heavy (non-hydrogen) atoms. The van der Waals surface area contributed by atoms with Gasteiger partial charge in [0.05, 0.1) is 0 Å². The average Bonchev–Trinajstić information content (AvgIpc) is 2.02. The summed E-state index contributed by atoms with van der Waals surface area (Å²) >= 11 is 5.37. The molecule has 0 atom stereocenters. The number of rotatable bonds is 6. The van der Waals surface area contributed by atoms with Crippen molar-refractivity contribution >= 4 is 17.4 Å². The number of hydrogen-bond donors (Lipinski definition) is 0. The first kappa shape index (κ1) is 12.8. The Bertz CT molecular complexity index is 156. The van der Waals surface area contributed by atoms with Crippen LogP contribution in [0.1, 0.15) is 32.1 Å². The van der Waals surface area contributed by atoms with Gasteiger partial charge in [0.1, 0.15) is 0 Å². The second kappa shape index (κ2) is 6.24. The van der Waals surface area contributed by atoms with E-state index in [4.69, 9.17) is 11.6 Å². The summed E-state index contributed by atoms with van der Waals surface area (Å²) in [5, 5.41) is 0. The number of halogens is 4. The second-order valence-electron chi connectivity index (χ2n) is 2.77. The first-order chi connectivity index (χ1) is 5.98. The smallest absolute Gasteiger partial charge is 0.290 e. The molecule has 0 aliphatic rings. The molecule has 0 aromatic rings. The van der Waals surface area contributed by atoms with E-state index in [2.05, 4.69) is 0 Å². The van der Waals surface area contributed by atoms with E-state index >= 15 is 0 Å². The van der Waals surface area contributed by atoms with Gasteiger partial charge in [-0.25, -0.2) is 0 Å². The number of unbranched alkanes of at least 4 members (excludes halogenated alkanes) is 3. The highest BCUT2D eigenvalue weighted by atomic mass is 35.5. The molecular weight excluding hydrogens is 205 g/mol. The molecule has 0 unspecified atom stereocenters. The van der Waals surface area contributed by atoms with Crippen molar-refractivity contribution in [3.8, 4) is 0 Å². The third-order valence-electron chi connectivity index (χ3n) is 1.60. The van der Waals surface area contributed by atoms with Crippen molar-refractivity contribution in [3.05, 3.63) is 0 Å². The van der Waals surface area contributed by atoms with E-state index in [1.807, 2.05) is 0 Å². The molecule has 0 heterocycles. The highest BCUT2D eigenvalue weighted by Gasteiger charge is 2.36. The number of ketones is 1. The summed E-state index contributed by atoms with van der Waals surface area (Å²) in [4.78, 5) is 10.3. The molecule has 0 aromatic carbocycles. The van der Waals surface area contributed by atoms with Crippen molar-refractivity contribution in [2.24, 2.45) is 0 Å². The molecule has 0 spiro atoms. The fourth-order valence-corrected chi connectivity index (χ4v) is 1.06. The van der Waals surface area contributed by atoms with Gasteiger partial charge in [0.15, 0.2) is 0 Å². The molecule has 0 fully saturated rings. The van der Waals surface area contributed by atoms with Crippen LogP contribution in [0.5, 0.6) is 0 Å². The molecule has 5 heteroatoms. The maximum absolute atomic E-state index is 11.7. The normalized spacial score (nSPS) is 11.7. The van der Waals surface area contributed by atoms with Gasteiger partial charge in [0.2, 0.25) is 5.78 Å². The minimum absolute atomic E-state index is 0.301. The van der Waals surface area contributed by atoms with Crippen LogP contribution in [0, 0.1) is 0 Å². The molecule has 78 valence electrons. The van der Waals surface area contributed by atoms with E-state index in [0.29, 0.717) is 18.7 Å². The van der Waals surface area contributed by atoms with Crippen molar-refractivity contribution in [2.45, 2.75) is 38.3 Å². The van der Waals surface area contributed by atoms with E-state index < -0.39 is 18.4 Å². The molecule has 0 aromatic heterocycles. The molecular formula is C8H12ClF3O. The van der Waals surface area contributed by atoms with E-state index in [1.54, 1.807) is 0 Å². The van der Waals surface area contributed by atoms with Crippen molar-refractivity contribution in [1.82, 2.24) is 0 Å². The van der Waals surface area contributed by atoms with Crippen LogP contribution in [-0.2, 0) is 4.79 Å². The van der Waals surface area contributed by atoms with E-state index in [1.165, 1.54) is 0 Å². The van der Waals surface area contributed by atoms with Crippen LogP contribution in [0.4, 0.5) is 13.2 Å². The van der Waals surface area contributed by atoms with Gasteiger partial charge in [0.25, 0.3) is 0 Å². The van der Waals surface area contributed by atoms with Crippen LogP contribution in [0.15, 0.2) is 0 Å². The maximum atomic E-state index is 11.7. The fourth-order valence-electron chi connectivity index (χ4n) is 0.875. The third-order valence-corrected chi connectivity index (χ3v) is 1.87. The predicted molar refractivity (Wildman–Crippen MR) is 44.9 cm³/mol. The topological polar surface area (TPSA) is 17.1 Å². The number of carbonyl (C=O) groups is 1. The minimum atomic E-state index is -4.66.